The number of aromatic nitrogens is 1. The summed E-state index contributed by atoms with van der Waals surface area (Å²) < 4.78 is 25.9. The van der Waals surface area contributed by atoms with E-state index < -0.39 is 9.84 Å². The Hall–Kier alpha value is -1.75. The third-order valence-electron chi connectivity index (χ3n) is 3.20. The van der Waals surface area contributed by atoms with Crippen LogP contribution in [0, 0.1) is 13.8 Å². The Morgan fingerprint density at radius 2 is 1.55 bits per heavy atom. The second-order valence-electron chi connectivity index (χ2n) is 4.91. The van der Waals surface area contributed by atoms with E-state index in [1.165, 1.54) is 0 Å². The Bertz CT molecular complexity index is 666. The van der Waals surface area contributed by atoms with Crippen molar-refractivity contribution in [3.8, 4) is 0 Å². The number of hydrogen-bond acceptors (Lipinski definition) is 3. The molecule has 5 heteroatoms. The van der Waals surface area contributed by atoms with E-state index in [1.54, 1.807) is 24.3 Å². The Kier molecular flexibility index (Phi) is 4.18. The Labute approximate surface area is 120 Å². The number of aryl methyl sites for hydroxylation is 2. The third-order valence-corrected chi connectivity index (χ3v) is 5.13. The fourth-order valence-corrected chi connectivity index (χ4v) is 3.42. The van der Waals surface area contributed by atoms with Crippen molar-refractivity contribution in [1.29, 1.82) is 0 Å². The number of hydrogen-bond donors (Lipinski definition) is 1. The fraction of sp³-hybridized carbons (Fsp3) is 0.333. The van der Waals surface area contributed by atoms with Crippen LogP contribution in [0.2, 0.25) is 0 Å². The Balaban J connectivity index is 2.21. The molecule has 2 rings (SSSR count). The summed E-state index contributed by atoms with van der Waals surface area (Å²) in [6.07, 6.45) is 0.629. The molecule has 0 amide bonds. The molecule has 0 spiro atoms. The van der Waals surface area contributed by atoms with Gasteiger partial charge in [-0.2, -0.15) is 0 Å². The third kappa shape index (κ3) is 3.04. The van der Waals surface area contributed by atoms with Crippen molar-refractivity contribution in [1.82, 2.24) is 4.68 Å². The van der Waals surface area contributed by atoms with Crippen LogP contribution in [-0.2, 0) is 9.84 Å². The highest BCUT2D eigenvalue weighted by molar-refractivity contribution is 7.91. The highest BCUT2D eigenvalue weighted by atomic mass is 32.2. The van der Waals surface area contributed by atoms with E-state index >= 15 is 0 Å². The molecule has 1 aromatic heterocycles. The molecule has 2 aromatic rings. The van der Waals surface area contributed by atoms with Gasteiger partial charge in [0.2, 0.25) is 0 Å². The first kappa shape index (κ1) is 14.7. The lowest BCUT2D eigenvalue weighted by Gasteiger charge is -2.13. The van der Waals surface area contributed by atoms with Gasteiger partial charge in [0.25, 0.3) is 0 Å². The lowest BCUT2D eigenvalue weighted by atomic mass is 10.3. The highest BCUT2D eigenvalue weighted by Gasteiger charge is 2.12. The molecule has 0 atom stereocenters. The number of rotatable bonds is 5. The van der Waals surface area contributed by atoms with Crippen LogP contribution in [0.1, 0.15) is 24.7 Å². The van der Waals surface area contributed by atoms with Crippen LogP contribution >= 0.6 is 0 Å². The normalized spacial score (nSPS) is 11.6. The van der Waals surface area contributed by atoms with Crippen molar-refractivity contribution in [2.45, 2.75) is 32.1 Å². The molecule has 0 saturated carbocycles. The molecule has 4 nitrogen and oxygen atoms in total. The van der Waals surface area contributed by atoms with Crippen molar-refractivity contribution >= 4 is 15.5 Å². The predicted octanol–water partition coefficient (Wildman–Crippen LogP) is 3.16. The predicted molar refractivity (Wildman–Crippen MR) is 81.7 cm³/mol. The van der Waals surface area contributed by atoms with Crippen molar-refractivity contribution in [2.75, 3.05) is 11.2 Å². The molecule has 1 aromatic carbocycles. The maximum absolute atomic E-state index is 11.9. The zero-order valence-electron chi connectivity index (χ0n) is 12.1. The molecule has 0 aliphatic rings. The second kappa shape index (κ2) is 5.71. The molecular formula is C15H20N2O2S. The van der Waals surface area contributed by atoms with Gasteiger partial charge in [0.15, 0.2) is 9.84 Å². The summed E-state index contributed by atoms with van der Waals surface area (Å²) in [6.45, 7) is 5.89. The van der Waals surface area contributed by atoms with Crippen molar-refractivity contribution in [2.24, 2.45) is 0 Å². The standard InChI is InChI=1S/C15H20N2O2S/c1-4-11-20(18,19)15-9-7-14(8-10-15)16-17-12(2)5-6-13(17)3/h5-10,16H,4,11H2,1-3H3. The second-order valence-corrected chi connectivity index (χ2v) is 7.02. The van der Waals surface area contributed by atoms with Crippen LogP contribution in [0.15, 0.2) is 41.3 Å². The van der Waals surface area contributed by atoms with Gasteiger partial charge >= 0.3 is 0 Å². The molecule has 0 aliphatic heterocycles. The zero-order valence-corrected chi connectivity index (χ0v) is 12.9. The van der Waals surface area contributed by atoms with E-state index in [0.29, 0.717) is 11.3 Å². The van der Waals surface area contributed by atoms with E-state index in [-0.39, 0.29) is 5.75 Å². The highest BCUT2D eigenvalue weighted by Crippen LogP contribution is 2.17. The van der Waals surface area contributed by atoms with Crippen molar-refractivity contribution in [3.05, 3.63) is 47.8 Å². The van der Waals surface area contributed by atoms with Crippen LogP contribution in [-0.4, -0.2) is 18.8 Å². The van der Waals surface area contributed by atoms with Gasteiger partial charge in [-0.1, -0.05) is 6.92 Å². The van der Waals surface area contributed by atoms with Gasteiger partial charge < -0.3 is 0 Å². The van der Waals surface area contributed by atoms with Crippen molar-refractivity contribution < 1.29 is 8.42 Å². The molecule has 0 bridgehead atoms. The lowest BCUT2D eigenvalue weighted by molar-refractivity contribution is 0.594. The lowest BCUT2D eigenvalue weighted by Crippen LogP contribution is -2.12. The largest absolute Gasteiger partial charge is 0.294 e. The number of benzene rings is 1. The molecule has 20 heavy (non-hydrogen) atoms. The molecule has 0 saturated heterocycles. The quantitative estimate of drug-likeness (QED) is 0.921. The van der Waals surface area contributed by atoms with Crippen LogP contribution in [0.3, 0.4) is 0 Å². The van der Waals surface area contributed by atoms with Crippen molar-refractivity contribution in [3.63, 3.8) is 0 Å². The van der Waals surface area contributed by atoms with Crippen LogP contribution in [0.4, 0.5) is 5.69 Å². The molecule has 0 unspecified atom stereocenters. The van der Waals surface area contributed by atoms with E-state index in [4.69, 9.17) is 0 Å². The Morgan fingerprint density at radius 1 is 1.00 bits per heavy atom. The summed E-state index contributed by atoms with van der Waals surface area (Å²) in [6, 6.07) is 11.0. The minimum atomic E-state index is -3.14. The first-order chi connectivity index (χ1) is 9.44. The zero-order chi connectivity index (χ0) is 14.8. The molecule has 1 heterocycles. The summed E-state index contributed by atoms with van der Waals surface area (Å²) in [5.41, 5.74) is 6.32. The molecule has 1 N–H and O–H groups in total. The number of anilines is 1. The fourth-order valence-electron chi connectivity index (χ4n) is 2.10. The number of nitrogens with zero attached hydrogens (tertiary/aromatic N) is 1. The summed E-state index contributed by atoms with van der Waals surface area (Å²) in [4.78, 5) is 0.380. The van der Waals surface area contributed by atoms with E-state index in [9.17, 15) is 8.42 Å². The first-order valence-corrected chi connectivity index (χ1v) is 8.34. The minimum Gasteiger partial charge on any atom is -0.294 e. The molecule has 0 aliphatic carbocycles. The summed E-state index contributed by atoms with van der Waals surface area (Å²) >= 11 is 0. The van der Waals surface area contributed by atoms with Crippen LogP contribution < -0.4 is 5.43 Å². The van der Waals surface area contributed by atoms with E-state index in [1.807, 2.05) is 37.6 Å². The van der Waals surface area contributed by atoms with Gasteiger partial charge in [-0.15, -0.1) is 0 Å². The number of nitrogens with one attached hydrogen (secondary N) is 1. The minimum absolute atomic E-state index is 0.190. The van der Waals surface area contributed by atoms with Gasteiger partial charge in [-0.05, 0) is 56.7 Å². The van der Waals surface area contributed by atoms with Crippen LogP contribution in [0.25, 0.3) is 0 Å². The Morgan fingerprint density at radius 3 is 2.05 bits per heavy atom. The molecule has 0 fully saturated rings. The average Bonchev–Trinajstić information content (AvgIpc) is 2.71. The van der Waals surface area contributed by atoms with Crippen LogP contribution in [0.5, 0.6) is 0 Å². The summed E-state index contributed by atoms with van der Waals surface area (Å²) in [5.74, 6) is 0.190. The molecule has 108 valence electrons. The summed E-state index contributed by atoms with van der Waals surface area (Å²) in [7, 11) is -3.14. The maximum atomic E-state index is 11.9. The average molecular weight is 292 g/mol. The van der Waals surface area contributed by atoms with E-state index in [0.717, 1.165) is 17.1 Å². The van der Waals surface area contributed by atoms with Gasteiger partial charge in [0.1, 0.15) is 0 Å². The van der Waals surface area contributed by atoms with Gasteiger partial charge in [-0.3, -0.25) is 10.1 Å². The van der Waals surface area contributed by atoms with Gasteiger partial charge in [-0.25, -0.2) is 8.42 Å². The summed E-state index contributed by atoms with van der Waals surface area (Å²) in [5, 5.41) is 0. The monoisotopic (exact) mass is 292 g/mol. The first-order valence-electron chi connectivity index (χ1n) is 6.69. The topological polar surface area (TPSA) is 51.1 Å². The maximum Gasteiger partial charge on any atom is 0.178 e. The smallest absolute Gasteiger partial charge is 0.178 e. The van der Waals surface area contributed by atoms with E-state index in [2.05, 4.69) is 5.43 Å². The number of sulfone groups is 1. The van der Waals surface area contributed by atoms with Gasteiger partial charge in [0.05, 0.1) is 16.3 Å². The van der Waals surface area contributed by atoms with Gasteiger partial charge in [0, 0.05) is 11.4 Å². The molecule has 0 radical (unpaired) electrons. The SMILES string of the molecule is CCCS(=O)(=O)c1ccc(Nn2c(C)ccc2C)cc1. The molecular weight excluding hydrogens is 272 g/mol.